The zero-order valence-electron chi connectivity index (χ0n) is 12.8. The lowest BCUT2D eigenvalue weighted by Crippen LogP contribution is -2.50. The van der Waals surface area contributed by atoms with Gasteiger partial charge in [-0.2, -0.15) is 0 Å². The van der Waals surface area contributed by atoms with Crippen molar-refractivity contribution in [3.8, 4) is 0 Å². The third-order valence-electron chi connectivity index (χ3n) is 4.20. The topological polar surface area (TPSA) is 58.2 Å². The van der Waals surface area contributed by atoms with Gasteiger partial charge in [0.05, 0.1) is 5.25 Å². The molecule has 4 nitrogen and oxygen atoms in total. The lowest BCUT2D eigenvalue weighted by molar-refractivity contribution is 0.188. The summed E-state index contributed by atoms with van der Waals surface area (Å²) in [5.74, 6) is 0. The predicted molar refractivity (Wildman–Crippen MR) is 80.7 cm³/mol. The van der Waals surface area contributed by atoms with E-state index >= 15 is 0 Å². The molecule has 0 heterocycles. The first-order chi connectivity index (χ1) is 8.79. The second-order valence-corrected chi connectivity index (χ2v) is 8.60. The van der Waals surface area contributed by atoms with Crippen LogP contribution >= 0.6 is 0 Å². The third kappa shape index (κ3) is 5.04. The molecule has 0 aromatic heterocycles. The summed E-state index contributed by atoms with van der Waals surface area (Å²) in [6.45, 7) is 9.58. The summed E-state index contributed by atoms with van der Waals surface area (Å²) in [4.78, 5) is 0. The van der Waals surface area contributed by atoms with E-state index in [0.29, 0.717) is 6.54 Å². The fraction of sp³-hybridized carbons (Fsp3) is 1.00. The summed E-state index contributed by atoms with van der Waals surface area (Å²) in [6, 6.07) is 0.0832. The first-order valence-electron chi connectivity index (χ1n) is 7.51. The molecule has 19 heavy (non-hydrogen) atoms. The van der Waals surface area contributed by atoms with Crippen LogP contribution in [0, 0.1) is 5.41 Å². The summed E-state index contributed by atoms with van der Waals surface area (Å²) in [5, 5.41) is 2.80. The maximum absolute atomic E-state index is 12.3. The minimum Gasteiger partial charge on any atom is -0.315 e. The van der Waals surface area contributed by atoms with Gasteiger partial charge in [-0.3, -0.25) is 0 Å². The lowest BCUT2D eigenvalue weighted by atomic mass is 9.74. The quantitative estimate of drug-likeness (QED) is 0.707. The highest BCUT2D eigenvalue weighted by atomic mass is 32.2. The normalized spacial score (nSPS) is 25.2. The second kappa shape index (κ2) is 7.04. The van der Waals surface area contributed by atoms with E-state index in [1.807, 2.05) is 0 Å². The van der Waals surface area contributed by atoms with Crippen LogP contribution in [0.2, 0.25) is 0 Å². The van der Waals surface area contributed by atoms with Crippen LogP contribution in [0.15, 0.2) is 0 Å². The van der Waals surface area contributed by atoms with Gasteiger partial charge in [-0.15, -0.1) is 0 Å². The molecule has 5 heteroatoms. The molecule has 2 atom stereocenters. The zero-order chi connectivity index (χ0) is 14.5. The number of sulfonamides is 1. The fourth-order valence-corrected chi connectivity index (χ4v) is 4.02. The van der Waals surface area contributed by atoms with Crippen molar-refractivity contribution in [1.82, 2.24) is 10.0 Å². The lowest BCUT2D eigenvalue weighted by Gasteiger charge is -2.39. The third-order valence-corrected chi connectivity index (χ3v) is 6.04. The molecule has 0 amide bonds. The van der Waals surface area contributed by atoms with Gasteiger partial charge in [-0.25, -0.2) is 13.1 Å². The first kappa shape index (κ1) is 16.9. The van der Waals surface area contributed by atoms with Crippen LogP contribution in [-0.2, 0) is 10.0 Å². The average molecular weight is 290 g/mol. The standard InChI is InChI=1S/C14H30N2O2S/c1-5-10-15-11-12(2)19(17,18)16-13-8-6-7-9-14(13,3)4/h12-13,15-16H,5-11H2,1-4H3. The molecule has 0 radical (unpaired) electrons. The minimum atomic E-state index is -3.22. The van der Waals surface area contributed by atoms with Crippen molar-refractivity contribution in [2.24, 2.45) is 5.41 Å². The Bertz CT molecular complexity index is 366. The monoisotopic (exact) mass is 290 g/mol. The molecule has 0 bridgehead atoms. The largest absolute Gasteiger partial charge is 0.315 e. The van der Waals surface area contributed by atoms with Crippen LogP contribution in [0.3, 0.4) is 0 Å². The first-order valence-corrected chi connectivity index (χ1v) is 9.06. The second-order valence-electron chi connectivity index (χ2n) is 6.46. The van der Waals surface area contributed by atoms with Crippen molar-refractivity contribution in [3.05, 3.63) is 0 Å². The minimum absolute atomic E-state index is 0.0713. The number of nitrogens with one attached hydrogen (secondary N) is 2. The van der Waals surface area contributed by atoms with Gasteiger partial charge in [-0.05, 0) is 38.1 Å². The van der Waals surface area contributed by atoms with Crippen LogP contribution in [0.5, 0.6) is 0 Å². The van der Waals surface area contributed by atoms with Gasteiger partial charge >= 0.3 is 0 Å². The van der Waals surface area contributed by atoms with Gasteiger partial charge < -0.3 is 5.32 Å². The summed E-state index contributed by atoms with van der Waals surface area (Å²) < 4.78 is 27.6. The number of hydrogen-bond acceptors (Lipinski definition) is 3. The van der Waals surface area contributed by atoms with Crippen LogP contribution in [0.4, 0.5) is 0 Å². The highest BCUT2D eigenvalue weighted by Gasteiger charge is 2.36. The molecule has 1 aliphatic carbocycles. The van der Waals surface area contributed by atoms with Gasteiger partial charge in [0.1, 0.15) is 0 Å². The molecule has 1 fully saturated rings. The summed E-state index contributed by atoms with van der Waals surface area (Å²) in [5.41, 5.74) is 0.0713. The zero-order valence-corrected chi connectivity index (χ0v) is 13.6. The van der Waals surface area contributed by atoms with E-state index in [0.717, 1.165) is 32.2 Å². The van der Waals surface area contributed by atoms with E-state index in [1.54, 1.807) is 6.92 Å². The molecule has 114 valence electrons. The molecule has 1 saturated carbocycles. The number of hydrogen-bond donors (Lipinski definition) is 2. The van der Waals surface area contributed by atoms with E-state index in [1.165, 1.54) is 6.42 Å². The molecule has 0 spiro atoms. The van der Waals surface area contributed by atoms with E-state index < -0.39 is 10.0 Å². The van der Waals surface area contributed by atoms with Crippen LogP contribution in [-0.4, -0.2) is 32.8 Å². The molecule has 0 aromatic carbocycles. The van der Waals surface area contributed by atoms with Crippen LogP contribution in [0.25, 0.3) is 0 Å². The molecule has 2 unspecified atom stereocenters. The Morgan fingerprint density at radius 1 is 1.32 bits per heavy atom. The fourth-order valence-electron chi connectivity index (χ4n) is 2.62. The SMILES string of the molecule is CCCNCC(C)S(=O)(=O)NC1CCCCC1(C)C. The van der Waals surface area contributed by atoms with Crippen molar-refractivity contribution in [1.29, 1.82) is 0 Å². The van der Waals surface area contributed by atoms with Crippen molar-refractivity contribution in [2.45, 2.75) is 71.1 Å². The molecular weight excluding hydrogens is 260 g/mol. The molecule has 0 saturated heterocycles. The molecule has 1 aliphatic rings. The Morgan fingerprint density at radius 3 is 2.58 bits per heavy atom. The maximum atomic E-state index is 12.3. The van der Waals surface area contributed by atoms with Gasteiger partial charge in [-0.1, -0.05) is 33.6 Å². The summed E-state index contributed by atoms with van der Waals surface area (Å²) in [7, 11) is -3.22. The van der Waals surface area contributed by atoms with Crippen molar-refractivity contribution < 1.29 is 8.42 Å². The Morgan fingerprint density at radius 2 is 2.00 bits per heavy atom. The Balaban J connectivity index is 2.57. The Kier molecular flexibility index (Phi) is 6.27. The van der Waals surface area contributed by atoms with Gasteiger partial charge in [0, 0.05) is 12.6 Å². The van der Waals surface area contributed by atoms with Crippen LogP contribution in [0.1, 0.15) is 59.8 Å². The highest BCUT2D eigenvalue weighted by molar-refractivity contribution is 7.90. The number of rotatable bonds is 7. The molecule has 0 aromatic rings. The van der Waals surface area contributed by atoms with Crippen molar-refractivity contribution in [2.75, 3.05) is 13.1 Å². The van der Waals surface area contributed by atoms with E-state index in [2.05, 4.69) is 30.8 Å². The van der Waals surface area contributed by atoms with Gasteiger partial charge in [0.15, 0.2) is 0 Å². The smallest absolute Gasteiger partial charge is 0.215 e. The Labute approximate surface area is 118 Å². The maximum Gasteiger partial charge on any atom is 0.215 e. The molecular formula is C14H30N2O2S. The summed E-state index contributed by atoms with van der Waals surface area (Å²) in [6.07, 6.45) is 5.41. The molecule has 1 rings (SSSR count). The molecule has 0 aliphatic heterocycles. The van der Waals surface area contributed by atoms with Gasteiger partial charge in [0.25, 0.3) is 0 Å². The van der Waals surface area contributed by atoms with E-state index in [9.17, 15) is 8.42 Å². The average Bonchev–Trinajstić information content (AvgIpc) is 2.32. The van der Waals surface area contributed by atoms with E-state index in [-0.39, 0.29) is 16.7 Å². The van der Waals surface area contributed by atoms with Crippen molar-refractivity contribution in [3.63, 3.8) is 0 Å². The highest BCUT2D eigenvalue weighted by Crippen LogP contribution is 2.35. The predicted octanol–water partition coefficient (Wildman–Crippen LogP) is 2.26. The summed E-state index contributed by atoms with van der Waals surface area (Å²) >= 11 is 0. The van der Waals surface area contributed by atoms with Crippen LogP contribution < -0.4 is 10.0 Å². The Hall–Kier alpha value is -0.130. The van der Waals surface area contributed by atoms with E-state index in [4.69, 9.17) is 0 Å². The van der Waals surface area contributed by atoms with Crippen molar-refractivity contribution >= 4 is 10.0 Å². The molecule has 2 N–H and O–H groups in total. The van der Waals surface area contributed by atoms with Gasteiger partial charge in [0.2, 0.25) is 10.0 Å².